The number of hydrogen-bond acceptors (Lipinski definition) is 2. The Morgan fingerprint density at radius 2 is 1.71 bits per heavy atom. The van der Waals surface area contributed by atoms with E-state index < -0.39 is 11.7 Å². The van der Waals surface area contributed by atoms with Crippen molar-refractivity contribution in [2.24, 2.45) is 5.84 Å². The predicted octanol–water partition coefficient (Wildman–Crippen LogP) is 3.84. The van der Waals surface area contributed by atoms with Gasteiger partial charge in [0.1, 0.15) is 0 Å². The van der Waals surface area contributed by atoms with E-state index in [0.29, 0.717) is 12.0 Å². The minimum absolute atomic E-state index is 0.312. The van der Waals surface area contributed by atoms with Gasteiger partial charge in [0.15, 0.2) is 0 Å². The van der Waals surface area contributed by atoms with Crippen LogP contribution in [-0.2, 0) is 12.6 Å². The molecule has 0 heterocycles. The first kappa shape index (κ1) is 15.5. The largest absolute Gasteiger partial charge is 0.416 e. The lowest BCUT2D eigenvalue weighted by Crippen LogP contribution is -2.28. The molecule has 0 saturated carbocycles. The summed E-state index contributed by atoms with van der Waals surface area (Å²) in [6.45, 7) is 0. The van der Waals surface area contributed by atoms with Crippen molar-refractivity contribution in [1.29, 1.82) is 0 Å². The lowest BCUT2D eigenvalue weighted by Gasteiger charge is -2.18. The molecule has 112 valence electrons. The summed E-state index contributed by atoms with van der Waals surface area (Å²) in [6, 6.07) is 14.7. The van der Waals surface area contributed by atoms with E-state index in [1.807, 2.05) is 30.3 Å². The zero-order valence-corrected chi connectivity index (χ0v) is 11.4. The van der Waals surface area contributed by atoms with Crippen LogP contribution in [0, 0.1) is 0 Å². The van der Waals surface area contributed by atoms with Crippen molar-refractivity contribution in [1.82, 2.24) is 5.43 Å². The molecule has 0 amide bonds. The van der Waals surface area contributed by atoms with Crippen LogP contribution >= 0.6 is 0 Å². The van der Waals surface area contributed by atoms with Gasteiger partial charge in [-0.05, 0) is 36.1 Å². The van der Waals surface area contributed by atoms with Crippen molar-refractivity contribution in [3.8, 4) is 0 Å². The normalized spacial score (nSPS) is 13.1. The second-order valence-corrected chi connectivity index (χ2v) is 4.87. The summed E-state index contributed by atoms with van der Waals surface area (Å²) in [5, 5.41) is 0. The predicted molar refractivity (Wildman–Crippen MR) is 76.3 cm³/mol. The van der Waals surface area contributed by atoms with Crippen LogP contribution in [0.4, 0.5) is 13.2 Å². The average molecular weight is 294 g/mol. The van der Waals surface area contributed by atoms with Crippen LogP contribution in [0.15, 0.2) is 54.6 Å². The Labute approximate surface area is 121 Å². The Hall–Kier alpha value is -1.85. The van der Waals surface area contributed by atoms with Gasteiger partial charge in [-0.3, -0.25) is 11.3 Å². The van der Waals surface area contributed by atoms with Crippen LogP contribution in [0.5, 0.6) is 0 Å². The van der Waals surface area contributed by atoms with Gasteiger partial charge >= 0.3 is 6.18 Å². The Kier molecular flexibility index (Phi) is 4.98. The molecule has 2 aromatic rings. The molecule has 5 heteroatoms. The summed E-state index contributed by atoms with van der Waals surface area (Å²) in [6.07, 6.45) is -2.97. The average Bonchev–Trinajstić information content (AvgIpc) is 2.48. The van der Waals surface area contributed by atoms with E-state index in [2.05, 4.69) is 5.43 Å². The van der Waals surface area contributed by atoms with Gasteiger partial charge in [0, 0.05) is 6.04 Å². The van der Waals surface area contributed by atoms with Gasteiger partial charge in [-0.1, -0.05) is 42.5 Å². The summed E-state index contributed by atoms with van der Waals surface area (Å²) < 4.78 is 38.2. The first-order chi connectivity index (χ1) is 10.0. The number of hydrazine groups is 1. The number of alkyl halides is 3. The monoisotopic (exact) mass is 294 g/mol. The fourth-order valence-corrected chi connectivity index (χ4v) is 2.23. The summed E-state index contributed by atoms with van der Waals surface area (Å²) in [7, 11) is 0. The van der Waals surface area contributed by atoms with Crippen LogP contribution in [0.25, 0.3) is 0 Å². The topological polar surface area (TPSA) is 38.0 Å². The highest BCUT2D eigenvalue weighted by atomic mass is 19.4. The number of halogens is 3. The first-order valence-electron chi connectivity index (χ1n) is 6.68. The molecule has 1 unspecified atom stereocenters. The third kappa shape index (κ3) is 4.31. The summed E-state index contributed by atoms with van der Waals surface area (Å²) >= 11 is 0. The number of benzene rings is 2. The van der Waals surface area contributed by atoms with Crippen molar-refractivity contribution in [2.75, 3.05) is 0 Å². The van der Waals surface area contributed by atoms with Gasteiger partial charge in [0.2, 0.25) is 0 Å². The second-order valence-electron chi connectivity index (χ2n) is 4.87. The number of aryl methyl sites for hydroxylation is 1. The van der Waals surface area contributed by atoms with E-state index in [9.17, 15) is 13.2 Å². The smallest absolute Gasteiger partial charge is 0.271 e. The van der Waals surface area contributed by atoms with Gasteiger partial charge in [-0.2, -0.15) is 13.2 Å². The number of nitrogens with one attached hydrogen (secondary N) is 1. The molecular weight excluding hydrogens is 277 g/mol. The van der Waals surface area contributed by atoms with Crippen LogP contribution in [0.2, 0.25) is 0 Å². The van der Waals surface area contributed by atoms with Crippen molar-refractivity contribution < 1.29 is 13.2 Å². The number of nitrogens with two attached hydrogens (primary N) is 1. The molecule has 0 radical (unpaired) electrons. The molecular formula is C16H17F3N2. The fourth-order valence-electron chi connectivity index (χ4n) is 2.23. The van der Waals surface area contributed by atoms with E-state index >= 15 is 0 Å². The lowest BCUT2D eigenvalue weighted by atomic mass is 9.98. The lowest BCUT2D eigenvalue weighted by molar-refractivity contribution is -0.137. The van der Waals surface area contributed by atoms with Crippen molar-refractivity contribution in [3.63, 3.8) is 0 Å². The first-order valence-corrected chi connectivity index (χ1v) is 6.68. The molecule has 2 aromatic carbocycles. The summed E-state index contributed by atoms with van der Waals surface area (Å²) in [5.74, 6) is 5.50. The molecule has 1 atom stereocenters. The molecule has 21 heavy (non-hydrogen) atoms. The standard InChI is InChI=1S/C16H17F3N2/c17-16(18,19)14-8-4-7-13(11-14)15(21-20)10-9-12-5-2-1-3-6-12/h1-8,11,15,21H,9-10,20H2. The molecule has 3 N–H and O–H groups in total. The number of hydrogen-bond donors (Lipinski definition) is 2. The third-order valence-corrected chi connectivity index (χ3v) is 3.38. The van der Waals surface area contributed by atoms with Crippen LogP contribution in [0.3, 0.4) is 0 Å². The fraction of sp³-hybridized carbons (Fsp3) is 0.250. The van der Waals surface area contributed by atoms with Gasteiger partial charge in [-0.15, -0.1) is 0 Å². The van der Waals surface area contributed by atoms with Crippen molar-refractivity contribution >= 4 is 0 Å². The molecule has 2 nitrogen and oxygen atoms in total. The molecule has 0 fully saturated rings. The van der Waals surface area contributed by atoms with E-state index in [0.717, 1.165) is 24.1 Å². The summed E-state index contributed by atoms with van der Waals surface area (Å²) in [5.41, 5.74) is 3.62. The van der Waals surface area contributed by atoms with Crippen LogP contribution < -0.4 is 11.3 Å². The molecule has 0 bridgehead atoms. The molecule has 2 rings (SSSR count). The van der Waals surface area contributed by atoms with E-state index in [4.69, 9.17) is 5.84 Å². The molecule has 0 aliphatic rings. The van der Waals surface area contributed by atoms with E-state index in [-0.39, 0.29) is 6.04 Å². The minimum atomic E-state index is -4.34. The molecule has 0 spiro atoms. The molecule has 0 saturated heterocycles. The van der Waals surface area contributed by atoms with E-state index in [1.54, 1.807) is 6.07 Å². The Morgan fingerprint density at radius 1 is 1.00 bits per heavy atom. The van der Waals surface area contributed by atoms with Gasteiger partial charge in [0.25, 0.3) is 0 Å². The number of rotatable bonds is 5. The van der Waals surface area contributed by atoms with Gasteiger partial charge in [0.05, 0.1) is 5.56 Å². The van der Waals surface area contributed by atoms with Gasteiger partial charge in [-0.25, -0.2) is 0 Å². The SMILES string of the molecule is NNC(CCc1ccccc1)c1cccc(C(F)(F)F)c1. The Bertz CT molecular complexity index is 567. The highest BCUT2D eigenvalue weighted by Crippen LogP contribution is 2.31. The molecule has 0 aliphatic carbocycles. The maximum atomic E-state index is 12.7. The Morgan fingerprint density at radius 3 is 2.33 bits per heavy atom. The maximum Gasteiger partial charge on any atom is 0.416 e. The molecule has 0 aromatic heterocycles. The van der Waals surface area contributed by atoms with Crippen molar-refractivity contribution in [3.05, 3.63) is 71.3 Å². The quantitative estimate of drug-likeness (QED) is 0.649. The maximum absolute atomic E-state index is 12.7. The molecule has 0 aliphatic heterocycles. The zero-order chi connectivity index (χ0) is 15.3. The second kappa shape index (κ2) is 6.74. The highest BCUT2D eigenvalue weighted by molar-refractivity contribution is 5.28. The van der Waals surface area contributed by atoms with E-state index in [1.165, 1.54) is 6.07 Å². The zero-order valence-electron chi connectivity index (χ0n) is 11.4. The third-order valence-electron chi connectivity index (χ3n) is 3.38. The summed E-state index contributed by atoms with van der Waals surface area (Å²) in [4.78, 5) is 0. The van der Waals surface area contributed by atoms with Crippen LogP contribution in [-0.4, -0.2) is 0 Å². The Balaban J connectivity index is 2.10. The highest BCUT2D eigenvalue weighted by Gasteiger charge is 2.30. The minimum Gasteiger partial charge on any atom is -0.271 e. The van der Waals surface area contributed by atoms with Crippen LogP contribution in [0.1, 0.15) is 29.2 Å². The van der Waals surface area contributed by atoms with Crippen molar-refractivity contribution in [2.45, 2.75) is 25.1 Å². The van der Waals surface area contributed by atoms with Gasteiger partial charge < -0.3 is 0 Å².